The predicted molar refractivity (Wildman–Crippen MR) is 78.7 cm³/mol. The van der Waals surface area contributed by atoms with E-state index in [9.17, 15) is 0 Å². The van der Waals surface area contributed by atoms with Gasteiger partial charge >= 0.3 is 0 Å². The van der Waals surface area contributed by atoms with Gasteiger partial charge in [-0.25, -0.2) is 0 Å². The van der Waals surface area contributed by atoms with Gasteiger partial charge in [-0.05, 0) is 64.4 Å². The number of nitrogens with two attached hydrogens (primary N) is 1. The van der Waals surface area contributed by atoms with E-state index in [0.717, 1.165) is 12.5 Å². The van der Waals surface area contributed by atoms with Crippen LogP contribution in [0.1, 0.15) is 19.3 Å². The van der Waals surface area contributed by atoms with Crippen molar-refractivity contribution in [2.75, 3.05) is 52.3 Å². The van der Waals surface area contributed by atoms with E-state index < -0.39 is 0 Å². The van der Waals surface area contributed by atoms with Gasteiger partial charge in [0.15, 0.2) is 0 Å². The van der Waals surface area contributed by atoms with Gasteiger partial charge in [-0.1, -0.05) is 0 Å². The average molecular weight is 259 g/mol. The Balaban J connectivity index is 2.28. The first-order chi connectivity index (χ1) is 8.17. The summed E-state index contributed by atoms with van der Waals surface area (Å²) in [6, 6.07) is 0.614. The molecule has 1 unspecified atom stereocenters. The Hall–Kier alpha value is 0.230. The molecule has 102 valence electrons. The number of rotatable bonds is 7. The Morgan fingerprint density at radius 1 is 1.35 bits per heavy atom. The van der Waals surface area contributed by atoms with E-state index in [2.05, 4.69) is 30.2 Å². The summed E-state index contributed by atoms with van der Waals surface area (Å²) in [4.78, 5) is 4.93. The molecule has 0 spiro atoms. The highest BCUT2D eigenvalue weighted by molar-refractivity contribution is 7.98. The number of thioether (sulfide) groups is 1. The Labute approximate surface area is 111 Å². The molecule has 1 rings (SSSR count). The lowest BCUT2D eigenvalue weighted by molar-refractivity contribution is 0.121. The van der Waals surface area contributed by atoms with Crippen LogP contribution in [0.15, 0.2) is 0 Å². The van der Waals surface area contributed by atoms with Crippen LogP contribution in [0.5, 0.6) is 0 Å². The highest BCUT2D eigenvalue weighted by Crippen LogP contribution is 2.20. The van der Waals surface area contributed by atoms with Crippen LogP contribution in [0, 0.1) is 5.92 Å². The van der Waals surface area contributed by atoms with Crippen molar-refractivity contribution in [1.29, 1.82) is 0 Å². The molecule has 0 radical (unpaired) electrons. The number of piperidine rings is 1. The Morgan fingerprint density at radius 2 is 2.00 bits per heavy atom. The minimum atomic E-state index is 0.614. The zero-order valence-electron chi connectivity index (χ0n) is 11.7. The molecule has 4 heteroatoms. The molecule has 1 atom stereocenters. The Kier molecular flexibility index (Phi) is 7.51. The van der Waals surface area contributed by atoms with Gasteiger partial charge in [0.2, 0.25) is 0 Å². The predicted octanol–water partition coefficient (Wildman–Crippen LogP) is 1.34. The van der Waals surface area contributed by atoms with Crippen LogP contribution in [-0.2, 0) is 0 Å². The van der Waals surface area contributed by atoms with Crippen LogP contribution in [0.2, 0.25) is 0 Å². The minimum Gasteiger partial charge on any atom is -0.329 e. The second-order valence-electron chi connectivity index (χ2n) is 5.41. The van der Waals surface area contributed by atoms with Crippen molar-refractivity contribution in [3.8, 4) is 0 Å². The van der Waals surface area contributed by atoms with Crippen molar-refractivity contribution in [3.05, 3.63) is 0 Å². The molecule has 1 heterocycles. The molecule has 0 aromatic heterocycles. The molecule has 0 saturated carbocycles. The number of hydrogen-bond acceptors (Lipinski definition) is 4. The third-order valence-corrected chi connectivity index (χ3v) is 4.36. The fraction of sp³-hybridized carbons (Fsp3) is 1.00. The second kappa shape index (κ2) is 8.35. The van der Waals surface area contributed by atoms with Crippen molar-refractivity contribution >= 4 is 11.8 Å². The standard InChI is InChI=1S/C13H29N3S/c1-15(2)11-12-4-7-16(8-5-12)13(10-14)6-9-17-3/h12-13H,4-11,14H2,1-3H3. The fourth-order valence-corrected chi connectivity index (χ4v) is 3.23. The number of nitrogens with zero attached hydrogens (tertiary/aromatic N) is 2. The van der Waals surface area contributed by atoms with Gasteiger partial charge in [-0.3, -0.25) is 4.90 Å². The zero-order valence-corrected chi connectivity index (χ0v) is 12.5. The first-order valence-corrected chi connectivity index (χ1v) is 8.14. The van der Waals surface area contributed by atoms with Crippen LogP contribution in [0.3, 0.4) is 0 Å². The molecule has 1 fully saturated rings. The number of hydrogen-bond donors (Lipinski definition) is 1. The summed E-state index contributed by atoms with van der Waals surface area (Å²) >= 11 is 1.93. The summed E-state index contributed by atoms with van der Waals surface area (Å²) in [6.45, 7) is 4.55. The summed E-state index contributed by atoms with van der Waals surface area (Å²) in [5, 5.41) is 0. The van der Waals surface area contributed by atoms with Crippen molar-refractivity contribution in [1.82, 2.24) is 9.80 Å². The van der Waals surface area contributed by atoms with E-state index in [4.69, 9.17) is 5.73 Å². The van der Waals surface area contributed by atoms with Gasteiger partial charge in [-0.15, -0.1) is 0 Å². The highest BCUT2D eigenvalue weighted by atomic mass is 32.2. The van der Waals surface area contributed by atoms with Crippen LogP contribution in [0.25, 0.3) is 0 Å². The molecule has 1 aliphatic rings. The van der Waals surface area contributed by atoms with Gasteiger partial charge in [-0.2, -0.15) is 11.8 Å². The summed E-state index contributed by atoms with van der Waals surface area (Å²) in [6.07, 6.45) is 6.11. The highest BCUT2D eigenvalue weighted by Gasteiger charge is 2.24. The van der Waals surface area contributed by atoms with Crippen LogP contribution in [-0.4, -0.2) is 68.1 Å². The zero-order chi connectivity index (χ0) is 12.7. The van der Waals surface area contributed by atoms with E-state index in [-0.39, 0.29) is 0 Å². The SMILES string of the molecule is CSCCC(CN)N1CCC(CN(C)C)CC1. The fourth-order valence-electron chi connectivity index (χ4n) is 2.72. The van der Waals surface area contributed by atoms with Crippen LogP contribution < -0.4 is 5.73 Å². The molecule has 3 nitrogen and oxygen atoms in total. The maximum atomic E-state index is 5.90. The average Bonchev–Trinajstić information content (AvgIpc) is 2.31. The molecule has 0 aromatic rings. The molecule has 1 aliphatic heterocycles. The Morgan fingerprint density at radius 3 is 2.47 bits per heavy atom. The molecule has 0 bridgehead atoms. The third kappa shape index (κ3) is 5.60. The van der Waals surface area contributed by atoms with E-state index in [1.54, 1.807) is 0 Å². The van der Waals surface area contributed by atoms with Gasteiger partial charge in [0.25, 0.3) is 0 Å². The third-order valence-electron chi connectivity index (χ3n) is 3.72. The van der Waals surface area contributed by atoms with E-state index in [1.807, 2.05) is 11.8 Å². The van der Waals surface area contributed by atoms with Crippen molar-refractivity contribution in [2.45, 2.75) is 25.3 Å². The topological polar surface area (TPSA) is 32.5 Å². The minimum absolute atomic E-state index is 0.614. The monoisotopic (exact) mass is 259 g/mol. The maximum Gasteiger partial charge on any atom is 0.0226 e. The largest absolute Gasteiger partial charge is 0.329 e. The molecular formula is C13H29N3S. The lowest BCUT2D eigenvalue weighted by Crippen LogP contribution is -2.46. The van der Waals surface area contributed by atoms with Crippen molar-refractivity contribution < 1.29 is 0 Å². The van der Waals surface area contributed by atoms with Gasteiger partial charge in [0, 0.05) is 19.1 Å². The Bertz CT molecular complexity index is 191. The molecule has 2 N–H and O–H groups in total. The molecular weight excluding hydrogens is 230 g/mol. The van der Waals surface area contributed by atoms with E-state index in [1.165, 1.54) is 44.6 Å². The van der Waals surface area contributed by atoms with Crippen LogP contribution >= 0.6 is 11.8 Å². The molecule has 0 amide bonds. The van der Waals surface area contributed by atoms with Crippen LogP contribution in [0.4, 0.5) is 0 Å². The first-order valence-electron chi connectivity index (χ1n) is 6.75. The van der Waals surface area contributed by atoms with E-state index in [0.29, 0.717) is 6.04 Å². The normalized spacial score (nSPS) is 21.0. The molecule has 0 aromatic carbocycles. The van der Waals surface area contributed by atoms with Gasteiger partial charge in [0.1, 0.15) is 0 Å². The quantitative estimate of drug-likeness (QED) is 0.748. The van der Waals surface area contributed by atoms with Gasteiger partial charge in [0.05, 0.1) is 0 Å². The summed E-state index contributed by atoms with van der Waals surface area (Å²) in [7, 11) is 4.35. The summed E-state index contributed by atoms with van der Waals surface area (Å²) in [5.74, 6) is 2.12. The lowest BCUT2D eigenvalue weighted by atomic mass is 9.95. The molecule has 1 saturated heterocycles. The lowest BCUT2D eigenvalue weighted by Gasteiger charge is -2.37. The summed E-state index contributed by atoms with van der Waals surface area (Å²) < 4.78 is 0. The molecule has 17 heavy (non-hydrogen) atoms. The molecule has 0 aliphatic carbocycles. The smallest absolute Gasteiger partial charge is 0.0226 e. The first kappa shape index (κ1) is 15.3. The van der Waals surface area contributed by atoms with Crippen molar-refractivity contribution in [2.24, 2.45) is 11.7 Å². The van der Waals surface area contributed by atoms with Crippen molar-refractivity contribution in [3.63, 3.8) is 0 Å². The summed E-state index contributed by atoms with van der Waals surface area (Å²) in [5.41, 5.74) is 5.90. The van der Waals surface area contributed by atoms with Gasteiger partial charge < -0.3 is 10.6 Å². The number of likely N-dealkylation sites (tertiary alicyclic amines) is 1. The maximum absolute atomic E-state index is 5.90. The van der Waals surface area contributed by atoms with E-state index >= 15 is 0 Å². The second-order valence-corrected chi connectivity index (χ2v) is 6.40.